The van der Waals surface area contributed by atoms with Crippen molar-refractivity contribution >= 4 is 11.5 Å². The average molecular weight is 255 g/mol. The third kappa shape index (κ3) is 2.03. The van der Waals surface area contributed by atoms with Crippen molar-refractivity contribution in [1.82, 2.24) is 9.97 Å². The molecular weight excluding hydrogens is 242 g/mol. The summed E-state index contributed by atoms with van der Waals surface area (Å²) < 4.78 is 5.07. The van der Waals surface area contributed by atoms with Crippen LogP contribution in [0.4, 0.5) is 5.69 Å². The van der Waals surface area contributed by atoms with E-state index in [0.717, 1.165) is 24.2 Å². The number of rotatable bonds is 3. The molecule has 1 aliphatic heterocycles. The lowest BCUT2D eigenvalue weighted by molar-refractivity contribution is 0.103. The van der Waals surface area contributed by atoms with E-state index in [1.165, 1.54) is 19.5 Å². The number of ether oxygens (including phenoxy) is 1. The van der Waals surface area contributed by atoms with E-state index < -0.39 is 0 Å². The van der Waals surface area contributed by atoms with E-state index in [1.807, 2.05) is 12.1 Å². The number of carbonyl (C=O) groups excluding carboxylic acids is 1. The highest BCUT2D eigenvalue weighted by Crippen LogP contribution is 2.25. The van der Waals surface area contributed by atoms with E-state index in [1.54, 1.807) is 6.07 Å². The quantitative estimate of drug-likeness (QED) is 0.845. The summed E-state index contributed by atoms with van der Waals surface area (Å²) in [5.74, 6) is 0.0887. The maximum atomic E-state index is 12.4. The molecule has 0 unspecified atom stereocenters. The molecule has 1 aromatic carbocycles. The van der Waals surface area contributed by atoms with E-state index in [0.29, 0.717) is 5.56 Å². The van der Waals surface area contributed by atoms with E-state index in [9.17, 15) is 4.79 Å². The van der Waals surface area contributed by atoms with Crippen molar-refractivity contribution in [3.63, 3.8) is 0 Å². The summed E-state index contributed by atoms with van der Waals surface area (Å²) in [6.07, 6.45) is 3.93. The first-order valence-corrected chi connectivity index (χ1v) is 6.06. The Hall–Kier alpha value is -2.43. The minimum atomic E-state index is -0.167. The summed E-state index contributed by atoms with van der Waals surface area (Å²) in [5.41, 5.74) is 3.12. The van der Waals surface area contributed by atoms with Gasteiger partial charge in [0, 0.05) is 30.2 Å². The van der Waals surface area contributed by atoms with Crippen molar-refractivity contribution < 1.29 is 9.53 Å². The van der Waals surface area contributed by atoms with Gasteiger partial charge in [-0.25, -0.2) is 9.97 Å². The molecule has 0 bridgehead atoms. The molecule has 0 amide bonds. The van der Waals surface area contributed by atoms with Gasteiger partial charge < -0.3 is 10.1 Å². The molecule has 0 spiro atoms. The molecule has 1 aromatic heterocycles. The van der Waals surface area contributed by atoms with Gasteiger partial charge >= 0.3 is 0 Å². The molecule has 0 fully saturated rings. The summed E-state index contributed by atoms with van der Waals surface area (Å²) in [4.78, 5) is 20.5. The van der Waals surface area contributed by atoms with E-state index in [-0.39, 0.29) is 17.4 Å². The van der Waals surface area contributed by atoms with Gasteiger partial charge in [0.25, 0.3) is 0 Å². The fraction of sp³-hybridized carbons (Fsp3) is 0.214. The Kier molecular flexibility index (Phi) is 2.87. The molecule has 0 radical (unpaired) electrons. The summed E-state index contributed by atoms with van der Waals surface area (Å²) in [6, 6.07) is 5.64. The highest BCUT2D eigenvalue weighted by atomic mass is 16.5. The topological polar surface area (TPSA) is 64.1 Å². The third-order valence-electron chi connectivity index (χ3n) is 3.15. The molecule has 2 heterocycles. The van der Waals surface area contributed by atoms with Gasteiger partial charge in [-0.15, -0.1) is 0 Å². The number of carbonyl (C=O) groups is 1. The van der Waals surface area contributed by atoms with Crippen LogP contribution in [0.15, 0.2) is 30.6 Å². The lowest BCUT2D eigenvalue weighted by atomic mass is 10.0. The Balaban J connectivity index is 2.00. The van der Waals surface area contributed by atoms with Crippen molar-refractivity contribution in [2.75, 3.05) is 19.0 Å². The van der Waals surface area contributed by atoms with Crippen molar-refractivity contribution in [2.45, 2.75) is 6.42 Å². The van der Waals surface area contributed by atoms with Gasteiger partial charge in [-0.2, -0.15) is 0 Å². The predicted octanol–water partition coefficient (Wildman–Crippen LogP) is 1.68. The zero-order valence-electron chi connectivity index (χ0n) is 10.5. The number of benzene rings is 1. The number of nitrogens with one attached hydrogen (secondary N) is 1. The second-order valence-electron chi connectivity index (χ2n) is 4.29. The SMILES string of the molecule is COc1nccnc1C(=O)c1ccc2c(c1)CCN2. The van der Waals surface area contributed by atoms with Crippen LogP contribution in [-0.4, -0.2) is 29.4 Å². The molecule has 5 nitrogen and oxygen atoms in total. The van der Waals surface area contributed by atoms with Crippen LogP contribution in [0.2, 0.25) is 0 Å². The number of nitrogens with zero attached hydrogens (tertiary/aromatic N) is 2. The van der Waals surface area contributed by atoms with Crippen molar-refractivity contribution in [3.8, 4) is 5.88 Å². The number of aromatic nitrogens is 2. The van der Waals surface area contributed by atoms with E-state index >= 15 is 0 Å². The molecular formula is C14H13N3O2. The second-order valence-corrected chi connectivity index (χ2v) is 4.29. The number of hydrogen-bond donors (Lipinski definition) is 1. The van der Waals surface area contributed by atoms with Crippen molar-refractivity contribution in [2.24, 2.45) is 0 Å². The minimum Gasteiger partial charge on any atom is -0.479 e. The summed E-state index contributed by atoms with van der Waals surface area (Å²) in [6.45, 7) is 0.918. The van der Waals surface area contributed by atoms with Gasteiger partial charge in [0.15, 0.2) is 5.69 Å². The van der Waals surface area contributed by atoms with Gasteiger partial charge in [0.2, 0.25) is 11.7 Å². The number of methoxy groups -OCH3 is 1. The Morgan fingerprint density at radius 1 is 1.32 bits per heavy atom. The Morgan fingerprint density at radius 3 is 3.00 bits per heavy atom. The molecule has 0 saturated carbocycles. The fourth-order valence-corrected chi connectivity index (χ4v) is 2.21. The Bertz CT molecular complexity index is 640. The Morgan fingerprint density at radius 2 is 2.16 bits per heavy atom. The fourth-order valence-electron chi connectivity index (χ4n) is 2.21. The highest BCUT2D eigenvalue weighted by Gasteiger charge is 2.19. The van der Waals surface area contributed by atoms with Gasteiger partial charge in [0.1, 0.15) is 0 Å². The lowest BCUT2D eigenvalue weighted by Gasteiger charge is -2.06. The van der Waals surface area contributed by atoms with Crippen LogP contribution in [0.5, 0.6) is 5.88 Å². The first kappa shape index (κ1) is 11.6. The zero-order chi connectivity index (χ0) is 13.2. The van der Waals surface area contributed by atoms with Crippen LogP contribution in [0.25, 0.3) is 0 Å². The second kappa shape index (κ2) is 4.68. The number of ketones is 1. The van der Waals surface area contributed by atoms with Crippen LogP contribution < -0.4 is 10.1 Å². The highest BCUT2D eigenvalue weighted by molar-refractivity contribution is 6.09. The van der Waals surface area contributed by atoms with E-state index in [4.69, 9.17) is 4.74 Å². The van der Waals surface area contributed by atoms with Gasteiger partial charge in [-0.3, -0.25) is 4.79 Å². The van der Waals surface area contributed by atoms with Crippen LogP contribution in [0.1, 0.15) is 21.6 Å². The summed E-state index contributed by atoms with van der Waals surface area (Å²) >= 11 is 0. The van der Waals surface area contributed by atoms with Crippen LogP contribution in [-0.2, 0) is 6.42 Å². The lowest BCUT2D eigenvalue weighted by Crippen LogP contribution is -2.08. The summed E-state index contributed by atoms with van der Waals surface area (Å²) in [7, 11) is 1.48. The van der Waals surface area contributed by atoms with Crippen LogP contribution in [0.3, 0.4) is 0 Å². The van der Waals surface area contributed by atoms with E-state index in [2.05, 4.69) is 15.3 Å². The van der Waals surface area contributed by atoms with Gasteiger partial charge in [-0.1, -0.05) is 0 Å². The molecule has 5 heteroatoms. The standard InChI is InChI=1S/C14H13N3O2/c1-19-14-12(16-6-7-17-14)13(18)10-2-3-11-9(8-10)4-5-15-11/h2-3,6-8,15H,4-5H2,1H3. The zero-order valence-corrected chi connectivity index (χ0v) is 10.5. The number of fused-ring (bicyclic) bond motifs is 1. The molecule has 0 atom stereocenters. The first-order chi connectivity index (χ1) is 9.29. The molecule has 0 saturated heterocycles. The van der Waals surface area contributed by atoms with Crippen LogP contribution in [0, 0.1) is 0 Å². The Labute approximate surface area is 110 Å². The molecule has 19 heavy (non-hydrogen) atoms. The largest absolute Gasteiger partial charge is 0.479 e. The maximum Gasteiger partial charge on any atom is 0.243 e. The molecule has 1 N–H and O–H groups in total. The normalized spacial score (nSPS) is 12.7. The molecule has 1 aliphatic rings. The molecule has 96 valence electrons. The maximum absolute atomic E-state index is 12.4. The molecule has 2 aromatic rings. The summed E-state index contributed by atoms with van der Waals surface area (Å²) in [5, 5.41) is 3.26. The molecule has 0 aliphatic carbocycles. The average Bonchev–Trinajstić information content (AvgIpc) is 2.93. The van der Waals surface area contributed by atoms with Gasteiger partial charge in [-0.05, 0) is 30.2 Å². The molecule has 3 rings (SSSR count). The van der Waals surface area contributed by atoms with Crippen molar-refractivity contribution in [3.05, 3.63) is 47.4 Å². The van der Waals surface area contributed by atoms with Gasteiger partial charge in [0.05, 0.1) is 7.11 Å². The monoisotopic (exact) mass is 255 g/mol. The number of hydrogen-bond acceptors (Lipinski definition) is 5. The first-order valence-electron chi connectivity index (χ1n) is 6.06. The third-order valence-corrected chi connectivity index (χ3v) is 3.15. The van der Waals surface area contributed by atoms with Crippen LogP contribution >= 0.6 is 0 Å². The minimum absolute atomic E-state index is 0.167. The van der Waals surface area contributed by atoms with Crippen molar-refractivity contribution in [1.29, 1.82) is 0 Å². The number of anilines is 1. The smallest absolute Gasteiger partial charge is 0.243 e. The predicted molar refractivity (Wildman–Crippen MR) is 70.7 cm³/mol.